The first-order valence-electron chi connectivity index (χ1n) is 10.5. The van der Waals surface area contributed by atoms with E-state index in [1.54, 1.807) is 17.0 Å². The number of hydrogen-bond acceptors (Lipinski definition) is 4. The lowest BCUT2D eigenvalue weighted by Gasteiger charge is -2.41. The number of carbonyl (C=O) groups excluding carboxylic acids is 2. The standard InChI is InChI=1S/C23H23F4N3O3/c24-15-7-5-14(6-8-15)20-16-4-2-1-3-13(16)9-10-30(20)21(31)19-11-17(28)18(12-33-19)29-22(32)23(25,26)27/h1-8,17-20H,9-12,28H2,(H,29,32)/t17-,18-,19+,20-/m0/s1. The van der Waals surface area contributed by atoms with Crippen molar-refractivity contribution in [1.29, 1.82) is 0 Å². The molecule has 0 unspecified atom stereocenters. The van der Waals surface area contributed by atoms with E-state index in [2.05, 4.69) is 0 Å². The molecule has 0 aromatic heterocycles. The van der Waals surface area contributed by atoms with Gasteiger partial charge >= 0.3 is 12.1 Å². The van der Waals surface area contributed by atoms with E-state index in [9.17, 15) is 27.2 Å². The lowest BCUT2D eigenvalue weighted by Crippen LogP contribution is -2.60. The molecule has 4 rings (SSSR count). The maximum absolute atomic E-state index is 13.5. The van der Waals surface area contributed by atoms with Gasteiger partial charge in [-0.1, -0.05) is 36.4 Å². The van der Waals surface area contributed by atoms with E-state index in [-0.39, 0.29) is 18.9 Å². The first-order chi connectivity index (χ1) is 15.6. The van der Waals surface area contributed by atoms with Crippen LogP contribution in [0, 0.1) is 5.82 Å². The molecule has 2 aromatic rings. The van der Waals surface area contributed by atoms with Crippen LogP contribution in [0.4, 0.5) is 17.6 Å². The molecule has 6 nitrogen and oxygen atoms in total. The largest absolute Gasteiger partial charge is 0.471 e. The summed E-state index contributed by atoms with van der Waals surface area (Å²) in [7, 11) is 0. The molecule has 2 aliphatic heterocycles. The molecule has 33 heavy (non-hydrogen) atoms. The summed E-state index contributed by atoms with van der Waals surface area (Å²) < 4.78 is 56.7. The van der Waals surface area contributed by atoms with Gasteiger partial charge in [0.05, 0.1) is 18.7 Å². The summed E-state index contributed by atoms with van der Waals surface area (Å²) in [5.74, 6) is -2.84. The van der Waals surface area contributed by atoms with E-state index in [1.807, 2.05) is 29.6 Å². The van der Waals surface area contributed by atoms with Crippen LogP contribution in [-0.2, 0) is 20.7 Å². The summed E-state index contributed by atoms with van der Waals surface area (Å²) in [4.78, 5) is 26.3. The monoisotopic (exact) mass is 465 g/mol. The van der Waals surface area contributed by atoms with Gasteiger partial charge in [0.1, 0.15) is 11.9 Å². The topological polar surface area (TPSA) is 84.7 Å². The highest BCUT2D eigenvalue weighted by Crippen LogP contribution is 2.36. The second-order valence-corrected chi connectivity index (χ2v) is 8.23. The van der Waals surface area contributed by atoms with E-state index in [0.29, 0.717) is 13.0 Å². The lowest BCUT2D eigenvalue weighted by atomic mass is 9.87. The van der Waals surface area contributed by atoms with Crippen LogP contribution >= 0.6 is 0 Å². The predicted molar refractivity (Wildman–Crippen MR) is 110 cm³/mol. The van der Waals surface area contributed by atoms with Crippen molar-refractivity contribution in [2.45, 2.75) is 43.2 Å². The first-order valence-corrected chi connectivity index (χ1v) is 10.5. The fourth-order valence-corrected chi connectivity index (χ4v) is 4.39. The molecule has 4 atom stereocenters. The minimum atomic E-state index is -5.03. The number of fused-ring (bicyclic) bond motifs is 1. The third-order valence-electron chi connectivity index (χ3n) is 6.08. The van der Waals surface area contributed by atoms with Crippen LogP contribution in [0.5, 0.6) is 0 Å². The molecule has 0 aliphatic carbocycles. The van der Waals surface area contributed by atoms with Crippen LogP contribution in [0.25, 0.3) is 0 Å². The molecule has 2 heterocycles. The van der Waals surface area contributed by atoms with Crippen LogP contribution in [0.2, 0.25) is 0 Å². The summed E-state index contributed by atoms with van der Waals surface area (Å²) in [5.41, 5.74) is 8.71. The number of amides is 2. The van der Waals surface area contributed by atoms with Crippen molar-refractivity contribution in [3.63, 3.8) is 0 Å². The van der Waals surface area contributed by atoms with Crippen LogP contribution in [0.3, 0.4) is 0 Å². The third-order valence-corrected chi connectivity index (χ3v) is 6.08. The molecule has 2 amide bonds. The number of benzene rings is 2. The van der Waals surface area contributed by atoms with Gasteiger partial charge in [-0.05, 0) is 41.7 Å². The predicted octanol–water partition coefficient (Wildman–Crippen LogP) is 2.46. The van der Waals surface area contributed by atoms with E-state index in [0.717, 1.165) is 16.7 Å². The van der Waals surface area contributed by atoms with Gasteiger partial charge in [0.25, 0.3) is 5.91 Å². The van der Waals surface area contributed by atoms with Crippen LogP contribution < -0.4 is 11.1 Å². The Labute approximate surface area is 187 Å². The number of carbonyl (C=O) groups is 2. The molecule has 1 saturated heterocycles. The molecular weight excluding hydrogens is 442 g/mol. The molecule has 0 saturated carbocycles. The Bertz CT molecular complexity index is 1030. The highest BCUT2D eigenvalue weighted by molar-refractivity contribution is 5.83. The highest BCUT2D eigenvalue weighted by atomic mass is 19.4. The van der Waals surface area contributed by atoms with Gasteiger partial charge in [-0.25, -0.2) is 4.39 Å². The maximum Gasteiger partial charge on any atom is 0.471 e. The SMILES string of the molecule is N[C@H]1C[C@H](C(=O)N2CCc3ccccc3[C@@H]2c2ccc(F)cc2)OC[C@@H]1NC(=O)C(F)(F)F. The number of nitrogens with one attached hydrogen (secondary N) is 1. The number of rotatable bonds is 3. The Balaban J connectivity index is 1.53. The quantitative estimate of drug-likeness (QED) is 0.683. The van der Waals surface area contributed by atoms with Gasteiger partial charge in [0.2, 0.25) is 0 Å². The summed E-state index contributed by atoms with van der Waals surface area (Å²) >= 11 is 0. The Morgan fingerprint density at radius 2 is 1.79 bits per heavy atom. The van der Waals surface area contributed by atoms with Crippen molar-refractivity contribution in [2.24, 2.45) is 5.73 Å². The molecule has 176 valence electrons. The number of alkyl halides is 3. The van der Waals surface area contributed by atoms with Crippen LogP contribution in [-0.4, -0.2) is 54.2 Å². The molecule has 10 heteroatoms. The normalized spacial score (nSPS) is 25.3. The summed E-state index contributed by atoms with van der Waals surface area (Å²) in [5, 5.41) is 1.83. The molecule has 2 aromatic carbocycles. The van der Waals surface area contributed by atoms with E-state index >= 15 is 0 Å². The summed E-state index contributed by atoms with van der Waals surface area (Å²) in [6.45, 7) is 0.0757. The lowest BCUT2D eigenvalue weighted by molar-refractivity contribution is -0.176. The van der Waals surface area contributed by atoms with Crippen molar-refractivity contribution < 1.29 is 31.9 Å². The van der Waals surface area contributed by atoms with Crippen molar-refractivity contribution >= 4 is 11.8 Å². The Morgan fingerprint density at radius 1 is 1.09 bits per heavy atom. The number of hydrogen-bond donors (Lipinski definition) is 2. The Morgan fingerprint density at radius 3 is 2.45 bits per heavy atom. The minimum absolute atomic E-state index is 0.0457. The molecule has 3 N–H and O–H groups in total. The average Bonchev–Trinajstić information content (AvgIpc) is 2.79. The molecule has 2 aliphatic rings. The fraction of sp³-hybridized carbons (Fsp3) is 0.391. The molecule has 1 fully saturated rings. The van der Waals surface area contributed by atoms with Gasteiger partial charge < -0.3 is 20.7 Å². The van der Waals surface area contributed by atoms with Crippen LogP contribution in [0.15, 0.2) is 48.5 Å². The van der Waals surface area contributed by atoms with Crippen molar-refractivity contribution in [2.75, 3.05) is 13.2 Å². The maximum atomic E-state index is 13.5. The zero-order chi connectivity index (χ0) is 23.8. The second kappa shape index (κ2) is 9.11. The second-order valence-electron chi connectivity index (χ2n) is 8.23. The van der Waals surface area contributed by atoms with Crippen molar-refractivity contribution in [3.8, 4) is 0 Å². The average molecular weight is 465 g/mol. The smallest absolute Gasteiger partial charge is 0.366 e. The Kier molecular flexibility index (Phi) is 6.40. The summed E-state index contributed by atoms with van der Waals surface area (Å²) in [6.07, 6.45) is -5.43. The van der Waals surface area contributed by atoms with E-state index in [4.69, 9.17) is 10.5 Å². The number of halogens is 4. The van der Waals surface area contributed by atoms with Crippen molar-refractivity contribution in [1.82, 2.24) is 10.2 Å². The van der Waals surface area contributed by atoms with Gasteiger partial charge in [-0.15, -0.1) is 0 Å². The number of nitrogens with two attached hydrogens (primary N) is 1. The first kappa shape index (κ1) is 23.2. The van der Waals surface area contributed by atoms with E-state index in [1.165, 1.54) is 12.1 Å². The molecular formula is C23H23F4N3O3. The zero-order valence-corrected chi connectivity index (χ0v) is 17.5. The molecule has 0 bridgehead atoms. The van der Waals surface area contributed by atoms with E-state index < -0.39 is 42.1 Å². The highest BCUT2D eigenvalue weighted by Gasteiger charge is 2.44. The van der Waals surface area contributed by atoms with Gasteiger partial charge in [0.15, 0.2) is 0 Å². The number of nitrogens with zero attached hydrogens (tertiary/aromatic N) is 1. The number of ether oxygens (including phenoxy) is 1. The Hall–Kier alpha value is -2.98. The van der Waals surface area contributed by atoms with Gasteiger partial charge in [-0.2, -0.15) is 13.2 Å². The fourth-order valence-electron chi connectivity index (χ4n) is 4.39. The van der Waals surface area contributed by atoms with Gasteiger partial charge in [-0.3, -0.25) is 9.59 Å². The van der Waals surface area contributed by atoms with Crippen LogP contribution in [0.1, 0.15) is 29.2 Å². The molecule has 0 spiro atoms. The zero-order valence-electron chi connectivity index (χ0n) is 17.5. The van der Waals surface area contributed by atoms with Gasteiger partial charge in [0, 0.05) is 12.6 Å². The third kappa shape index (κ3) is 4.86. The van der Waals surface area contributed by atoms with Crippen molar-refractivity contribution in [3.05, 3.63) is 71.0 Å². The summed E-state index contributed by atoms with van der Waals surface area (Å²) in [6, 6.07) is 11.2. The molecule has 0 radical (unpaired) electrons. The minimum Gasteiger partial charge on any atom is -0.366 e.